The number of fused-ring (bicyclic) bond motifs is 2. The van der Waals surface area contributed by atoms with Gasteiger partial charge in [-0.15, -0.1) is 0 Å². The van der Waals surface area contributed by atoms with Crippen LogP contribution in [0.3, 0.4) is 0 Å². The molecule has 33 heavy (non-hydrogen) atoms. The Labute approximate surface area is 196 Å². The number of hydrogen-bond acceptors (Lipinski definition) is 7. The number of amides is 2. The van der Waals surface area contributed by atoms with Crippen LogP contribution < -0.4 is 0 Å². The monoisotopic (exact) mass is 473 g/mol. The third-order valence-corrected chi connectivity index (χ3v) is 6.91. The number of nitrogens with zero attached hydrogens (tertiary/aromatic N) is 4. The van der Waals surface area contributed by atoms with E-state index in [9.17, 15) is 14.9 Å². The fourth-order valence-electron chi connectivity index (χ4n) is 5.28. The molecular weight excluding hydrogens is 442 g/mol. The molecule has 10 heteroatoms. The highest BCUT2D eigenvalue weighted by Gasteiger charge is 2.51. The number of aryl methyl sites for hydroxylation is 1. The second-order valence-corrected chi connectivity index (χ2v) is 9.62. The maximum atomic E-state index is 13.1. The van der Waals surface area contributed by atoms with Gasteiger partial charge in [-0.1, -0.05) is 36.8 Å². The third kappa shape index (κ3) is 5.42. The number of rotatable bonds is 5. The highest BCUT2D eigenvalue weighted by Crippen LogP contribution is 2.38. The van der Waals surface area contributed by atoms with Crippen molar-refractivity contribution in [3.05, 3.63) is 35.4 Å². The van der Waals surface area contributed by atoms with Crippen molar-refractivity contribution in [3.8, 4) is 6.07 Å². The number of nitrogens with one attached hydrogen (secondary N) is 1. The Bertz CT molecular complexity index is 1030. The minimum atomic E-state index is -2.61. The molecule has 3 aliphatic rings. The van der Waals surface area contributed by atoms with Crippen molar-refractivity contribution in [2.75, 3.05) is 19.6 Å². The van der Waals surface area contributed by atoms with Crippen LogP contribution in [0, 0.1) is 29.0 Å². The van der Waals surface area contributed by atoms with Crippen LogP contribution in [-0.2, 0) is 20.1 Å². The minimum absolute atomic E-state index is 0.0501. The normalized spacial score (nSPS) is 25.9. The summed E-state index contributed by atoms with van der Waals surface area (Å²) in [5.74, 6) is 0.0401. The van der Waals surface area contributed by atoms with Crippen LogP contribution in [0.5, 0.6) is 0 Å². The standard InChI is InChI=1S/C23H30N4O2.HNO2S/c1-15-6-8-18(9-7-15)17(3)27-20-11-21(23(27)29)25(14-20)13-16(2)22(28)26-10-4-5-19(26)12-24;1-4(2)3/h6-9,16-17,19-21H,4-5,10-11,13-14H2,1-3H3;1H/t16-,17+,19-,20-,21-;/m0./s1. The Morgan fingerprint density at radius 1 is 1.27 bits per heavy atom. The fraction of sp³-hybridized carbons (Fsp3) is 0.609. The molecular formula is C23H31N5O4S. The Morgan fingerprint density at radius 3 is 2.48 bits per heavy atom. The SMILES string of the molecule is Cc1ccc([C@@H](C)N2C(=O)[C@@H]3C[C@H]2CN3C[C@H](C)C(=O)N2CCC[C@H]2C#N)cc1.N=S(=O)=O. The van der Waals surface area contributed by atoms with Gasteiger partial charge in [-0.3, -0.25) is 14.5 Å². The van der Waals surface area contributed by atoms with E-state index in [0.29, 0.717) is 13.1 Å². The van der Waals surface area contributed by atoms with Gasteiger partial charge in [-0.25, -0.2) is 0 Å². The molecule has 1 aromatic rings. The molecule has 5 atom stereocenters. The molecule has 178 valence electrons. The van der Waals surface area contributed by atoms with Crippen LogP contribution >= 0.6 is 0 Å². The molecule has 2 bridgehead atoms. The number of benzene rings is 1. The van der Waals surface area contributed by atoms with Crippen molar-refractivity contribution in [1.82, 2.24) is 14.7 Å². The summed E-state index contributed by atoms with van der Waals surface area (Å²) in [5.41, 5.74) is 2.39. The first-order valence-corrected chi connectivity index (χ1v) is 12.3. The molecule has 3 heterocycles. The van der Waals surface area contributed by atoms with Crippen molar-refractivity contribution in [2.24, 2.45) is 5.92 Å². The average molecular weight is 474 g/mol. The maximum Gasteiger partial charge on any atom is 0.308 e. The van der Waals surface area contributed by atoms with E-state index < -0.39 is 10.5 Å². The van der Waals surface area contributed by atoms with E-state index >= 15 is 0 Å². The first kappa shape index (κ1) is 24.9. The highest BCUT2D eigenvalue weighted by atomic mass is 32.2. The topological polar surface area (TPSA) is 126 Å². The van der Waals surface area contributed by atoms with Crippen molar-refractivity contribution in [3.63, 3.8) is 0 Å². The lowest BCUT2D eigenvalue weighted by molar-refractivity contribution is -0.142. The van der Waals surface area contributed by atoms with Crippen molar-refractivity contribution < 1.29 is 18.0 Å². The maximum absolute atomic E-state index is 13.1. The molecule has 0 spiro atoms. The van der Waals surface area contributed by atoms with Gasteiger partial charge in [0.1, 0.15) is 6.04 Å². The summed E-state index contributed by atoms with van der Waals surface area (Å²) in [6, 6.07) is 10.5. The second kappa shape index (κ2) is 10.4. The van der Waals surface area contributed by atoms with Crippen LogP contribution in [0.2, 0.25) is 0 Å². The van der Waals surface area contributed by atoms with Gasteiger partial charge < -0.3 is 9.80 Å². The van der Waals surface area contributed by atoms with Crippen LogP contribution in [0.25, 0.3) is 0 Å². The summed E-state index contributed by atoms with van der Waals surface area (Å²) < 4.78 is 22.8. The van der Waals surface area contributed by atoms with Gasteiger partial charge in [0.05, 0.1) is 18.2 Å². The predicted octanol–water partition coefficient (Wildman–Crippen LogP) is 2.12. The number of nitriles is 1. The van der Waals surface area contributed by atoms with Crippen molar-refractivity contribution >= 4 is 22.3 Å². The zero-order chi connectivity index (χ0) is 24.3. The van der Waals surface area contributed by atoms with E-state index in [1.807, 2.05) is 11.8 Å². The van der Waals surface area contributed by atoms with E-state index in [0.717, 1.165) is 25.8 Å². The summed E-state index contributed by atoms with van der Waals surface area (Å²) in [6.45, 7) is 8.19. The number of piperazine rings is 1. The molecule has 9 nitrogen and oxygen atoms in total. The van der Waals surface area contributed by atoms with Gasteiger partial charge in [0.2, 0.25) is 11.8 Å². The molecule has 0 aliphatic carbocycles. The number of likely N-dealkylation sites (tertiary alicyclic amines) is 3. The van der Waals surface area contributed by atoms with Crippen molar-refractivity contribution in [2.45, 2.75) is 64.2 Å². The lowest BCUT2D eigenvalue weighted by atomic mass is 10.0. The van der Waals surface area contributed by atoms with Crippen LogP contribution in [0.1, 0.15) is 50.3 Å². The minimum Gasteiger partial charge on any atom is -0.330 e. The summed E-state index contributed by atoms with van der Waals surface area (Å²) in [7, 11) is -2.61. The summed E-state index contributed by atoms with van der Waals surface area (Å²) in [5, 5.41) is 9.26. The van der Waals surface area contributed by atoms with E-state index in [1.54, 1.807) is 4.90 Å². The molecule has 0 aromatic heterocycles. The van der Waals surface area contributed by atoms with Crippen LogP contribution in [0.15, 0.2) is 24.3 Å². The lowest BCUT2D eigenvalue weighted by Gasteiger charge is -2.38. The Hall–Kier alpha value is -2.77. The molecule has 3 saturated heterocycles. The van der Waals surface area contributed by atoms with Gasteiger partial charge in [-0.05, 0) is 38.7 Å². The molecule has 0 radical (unpaired) electrons. The predicted molar refractivity (Wildman–Crippen MR) is 121 cm³/mol. The van der Waals surface area contributed by atoms with E-state index in [4.69, 9.17) is 13.2 Å². The van der Waals surface area contributed by atoms with Gasteiger partial charge in [0.25, 0.3) is 0 Å². The zero-order valence-corrected chi connectivity index (χ0v) is 20.1. The molecule has 0 unspecified atom stereocenters. The van der Waals surface area contributed by atoms with Gasteiger partial charge in [-0.2, -0.15) is 18.5 Å². The molecule has 3 aliphatic heterocycles. The number of carbonyl (C=O) groups excluding carboxylic acids is 2. The first-order chi connectivity index (χ1) is 15.6. The van der Waals surface area contributed by atoms with Crippen LogP contribution in [0.4, 0.5) is 0 Å². The molecule has 3 fully saturated rings. The lowest BCUT2D eigenvalue weighted by Crippen LogP contribution is -2.53. The summed E-state index contributed by atoms with van der Waals surface area (Å²) in [4.78, 5) is 31.9. The smallest absolute Gasteiger partial charge is 0.308 e. The largest absolute Gasteiger partial charge is 0.330 e. The highest BCUT2D eigenvalue weighted by molar-refractivity contribution is 7.60. The molecule has 1 N–H and O–H groups in total. The fourth-order valence-corrected chi connectivity index (χ4v) is 5.28. The van der Waals surface area contributed by atoms with Crippen molar-refractivity contribution in [1.29, 1.82) is 10.0 Å². The summed E-state index contributed by atoms with van der Waals surface area (Å²) >= 11 is 0. The Kier molecular flexibility index (Phi) is 7.87. The Morgan fingerprint density at radius 2 is 1.91 bits per heavy atom. The van der Waals surface area contributed by atoms with Crippen LogP contribution in [-0.4, -0.2) is 72.7 Å². The molecule has 0 saturated carbocycles. The number of hydrogen-bond donors (Lipinski definition) is 1. The average Bonchev–Trinajstić information content (AvgIpc) is 3.47. The quantitative estimate of drug-likeness (QED) is 0.698. The second-order valence-electron chi connectivity index (χ2n) is 9.15. The van der Waals surface area contributed by atoms with E-state index in [1.165, 1.54) is 11.1 Å². The summed E-state index contributed by atoms with van der Waals surface area (Å²) in [6.07, 6.45) is 2.52. The third-order valence-electron chi connectivity index (χ3n) is 6.91. The molecule has 2 amide bonds. The first-order valence-electron chi connectivity index (χ1n) is 11.3. The molecule has 4 rings (SSSR count). The number of carbonyl (C=O) groups is 2. The van der Waals surface area contributed by atoms with Gasteiger partial charge in [0, 0.05) is 31.6 Å². The molecule has 1 aromatic carbocycles. The van der Waals surface area contributed by atoms with Gasteiger partial charge >= 0.3 is 10.5 Å². The van der Waals surface area contributed by atoms with Gasteiger partial charge in [0.15, 0.2) is 0 Å². The Balaban J connectivity index is 0.000000709. The zero-order valence-electron chi connectivity index (χ0n) is 19.3. The van der Waals surface area contributed by atoms with E-state index in [2.05, 4.69) is 49.1 Å². The van der Waals surface area contributed by atoms with E-state index in [-0.39, 0.29) is 41.9 Å².